The van der Waals surface area contributed by atoms with Gasteiger partial charge in [-0.25, -0.2) is 9.50 Å². The number of rotatable bonds is 10. The minimum Gasteiger partial charge on any atom is -0.438 e. The lowest BCUT2D eigenvalue weighted by Gasteiger charge is -2.19. The van der Waals surface area contributed by atoms with Gasteiger partial charge in [-0.15, -0.1) is 5.10 Å². The molecule has 1 fully saturated rings. The number of carbonyl (C=O) groups is 1. The average Bonchev–Trinajstić information content (AvgIpc) is 3.50. The van der Waals surface area contributed by atoms with Crippen molar-refractivity contribution in [2.24, 2.45) is 0 Å². The molecule has 4 N–H and O–H groups in total. The molecule has 0 spiro atoms. The van der Waals surface area contributed by atoms with Crippen molar-refractivity contribution in [1.29, 1.82) is 5.41 Å². The van der Waals surface area contributed by atoms with E-state index >= 15 is 0 Å². The van der Waals surface area contributed by atoms with Crippen LogP contribution in [0.1, 0.15) is 49.5 Å². The van der Waals surface area contributed by atoms with Crippen LogP contribution in [-0.2, 0) is 0 Å². The van der Waals surface area contributed by atoms with Crippen molar-refractivity contribution in [3.8, 4) is 17.1 Å². The van der Waals surface area contributed by atoms with Gasteiger partial charge in [-0.3, -0.25) is 4.79 Å². The molecule has 3 aromatic rings. The maximum Gasteiger partial charge on any atom is 0.251 e. The van der Waals surface area contributed by atoms with Gasteiger partial charge in [0.05, 0.1) is 23.2 Å². The lowest BCUT2D eigenvalue weighted by molar-refractivity contribution is 0.0940. The van der Waals surface area contributed by atoms with E-state index in [-0.39, 0.29) is 18.3 Å². The van der Waals surface area contributed by atoms with Gasteiger partial charge in [-0.1, -0.05) is 12.6 Å². The van der Waals surface area contributed by atoms with Gasteiger partial charge in [-0.05, 0) is 70.4 Å². The summed E-state index contributed by atoms with van der Waals surface area (Å²) in [6.45, 7) is 11.2. The van der Waals surface area contributed by atoms with Gasteiger partial charge in [0.25, 0.3) is 5.91 Å². The highest BCUT2D eigenvalue weighted by Crippen LogP contribution is 2.29. The number of hydrogen-bond donors (Lipinski definition) is 4. The van der Waals surface area contributed by atoms with Crippen LogP contribution >= 0.6 is 0 Å². The third-order valence-corrected chi connectivity index (χ3v) is 5.59. The summed E-state index contributed by atoms with van der Waals surface area (Å²) in [7, 11) is 0. The van der Waals surface area contributed by atoms with Crippen LogP contribution in [0.25, 0.3) is 16.9 Å². The van der Waals surface area contributed by atoms with Crippen molar-refractivity contribution in [1.82, 2.24) is 19.9 Å². The molecule has 0 unspecified atom stereocenters. The lowest BCUT2D eigenvalue weighted by Crippen LogP contribution is -2.29. The van der Waals surface area contributed by atoms with Gasteiger partial charge in [0, 0.05) is 35.5 Å². The zero-order chi connectivity index (χ0) is 26.0. The fourth-order valence-electron chi connectivity index (χ4n) is 3.59. The Morgan fingerprint density at radius 1 is 1.33 bits per heavy atom. The zero-order valence-electron chi connectivity index (χ0n) is 21.1. The number of aromatic nitrogens is 3. The van der Waals surface area contributed by atoms with E-state index in [1.807, 2.05) is 25.1 Å². The summed E-state index contributed by atoms with van der Waals surface area (Å²) >= 11 is 0. The molecule has 1 aliphatic rings. The molecule has 0 atom stereocenters. The summed E-state index contributed by atoms with van der Waals surface area (Å²) in [5, 5.41) is 28.6. The fraction of sp³-hybridized carbons (Fsp3) is 0.333. The number of nitrogens with zero attached hydrogens (tertiary/aromatic N) is 3. The largest absolute Gasteiger partial charge is 0.438 e. The molecule has 2 aromatic heterocycles. The summed E-state index contributed by atoms with van der Waals surface area (Å²) in [6.07, 6.45) is 6.97. The second-order valence-corrected chi connectivity index (χ2v) is 9.80. The highest BCUT2D eigenvalue weighted by molar-refractivity contribution is 5.96. The summed E-state index contributed by atoms with van der Waals surface area (Å²) in [5.41, 5.74) is 3.68. The summed E-state index contributed by atoms with van der Waals surface area (Å²) in [4.78, 5) is 17.1. The van der Waals surface area contributed by atoms with E-state index in [2.05, 4.69) is 27.3 Å². The van der Waals surface area contributed by atoms with Gasteiger partial charge in [0.15, 0.2) is 5.65 Å². The molecule has 1 aromatic carbocycles. The number of aliphatic hydroxyl groups is 1. The number of carbonyl (C=O) groups excluding carboxylic acids is 1. The molecule has 2 heterocycles. The van der Waals surface area contributed by atoms with E-state index in [9.17, 15) is 9.90 Å². The van der Waals surface area contributed by atoms with Crippen molar-refractivity contribution in [3.63, 3.8) is 0 Å². The summed E-state index contributed by atoms with van der Waals surface area (Å²) in [6, 6.07) is 7.64. The monoisotopic (exact) mass is 488 g/mol. The SMILES string of the molecule is C=C(C=CC(C)=N)Oc1cc(NCC(C)(C)O)c2ncc(-c3ccc(C(=O)NC4CC4)c(C)c3)n2n1. The maximum absolute atomic E-state index is 12.6. The minimum absolute atomic E-state index is 0.0571. The van der Waals surface area contributed by atoms with Crippen LogP contribution in [0.4, 0.5) is 5.69 Å². The number of anilines is 1. The topological polar surface area (TPSA) is 125 Å². The Morgan fingerprint density at radius 2 is 2.08 bits per heavy atom. The number of imidazole rings is 1. The lowest BCUT2D eigenvalue weighted by atomic mass is 10.0. The van der Waals surface area contributed by atoms with Crippen molar-refractivity contribution < 1.29 is 14.6 Å². The standard InChI is InChI=1S/C27H32N6O3/c1-16-12-19(8-11-21(16)26(34)31-20-9-10-20)23-14-29-25-22(30-15-27(4,5)35)13-24(32-33(23)25)36-18(3)7-6-17(2)28/h6-8,11-14,20,28,30,35H,3,9-10,15H2,1-2,4-5H3,(H,31,34). The second kappa shape index (κ2) is 9.94. The van der Waals surface area contributed by atoms with E-state index in [0.29, 0.717) is 34.4 Å². The van der Waals surface area contributed by atoms with Gasteiger partial charge in [0.2, 0.25) is 5.88 Å². The highest BCUT2D eigenvalue weighted by atomic mass is 16.5. The zero-order valence-corrected chi connectivity index (χ0v) is 21.1. The van der Waals surface area contributed by atoms with Crippen molar-refractivity contribution in [3.05, 3.63) is 66.1 Å². The van der Waals surface area contributed by atoms with E-state index in [1.54, 1.807) is 49.7 Å². The Hall–Kier alpha value is -3.98. The molecule has 1 saturated carbocycles. The van der Waals surface area contributed by atoms with Crippen LogP contribution in [0.2, 0.25) is 0 Å². The normalized spacial score (nSPS) is 13.7. The molecule has 0 aliphatic heterocycles. The number of ether oxygens (including phenoxy) is 1. The van der Waals surface area contributed by atoms with Crippen LogP contribution in [0.3, 0.4) is 0 Å². The van der Waals surface area contributed by atoms with E-state index < -0.39 is 5.60 Å². The van der Waals surface area contributed by atoms with Crippen molar-refractivity contribution in [2.45, 2.75) is 52.2 Å². The fourth-order valence-corrected chi connectivity index (χ4v) is 3.59. The molecule has 1 aliphatic carbocycles. The number of fused-ring (bicyclic) bond motifs is 1. The summed E-state index contributed by atoms with van der Waals surface area (Å²) < 4.78 is 7.50. The van der Waals surface area contributed by atoms with E-state index in [0.717, 1.165) is 29.7 Å². The number of hydrogen-bond acceptors (Lipinski definition) is 7. The Bertz CT molecular complexity index is 1360. The quantitative estimate of drug-likeness (QED) is 0.192. The maximum atomic E-state index is 12.6. The Labute approximate surface area is 210 Å². The molecular weight excluding hydrogens is 456 g/mol. The Balaban J connectivity index is 1.71. The average molecular weight is 489 g/mol. The molecular formula is C27H32N6O3. The number of allylic oxidation sites excluding steroid dienone is 2. The van der Waals surface area contributed by atoms with Crippen molar-refractivity contribution in [2.75, 3.05) is 11.9 Å². The first-order valence-corrected chi connectivity index (χ1v) is 11.9. The Morgan fingerprint density at radius 3 is 2.72 bits per heavy atom. The van der Waals surface area contributed by atoms with Crippen molar-refractivity contribution >= 4 is 23.0 Å². The predicted octanol–water partition coefficient (Wildman–Crippen LogP) is 4.27. The molecule has 9 heteroatoms. The predicted molar refractivity (Wildman–Crippen MR) is 141 cm³/mol. The third kappa shape index (κ3) is 6.17. The van der Waals surface area contributed by atoms with Gasteiger partial charge in [-0.2, -0.15) is 0 Å². The molecule has 0 radical (unpaired) electrons. The third-order valence-electron chi connectivity index (χ3n) is 5.59. The van der Waals surface area contributed by atoms with E-state index in [1.165, 1.54) is 0 Å². The van der Waals surface area contributed by atoms with Crippen LogP contribution in [-0.4, -0.2) is 49.5 Å². The van der Waals surface area contributed by atoms with Crippen LogP contribution < -0.4 is 15.4 Å². The molecule has 4 rings (SSSR count). The van der Waals surface area contributed by atoms with Gasteiger partial charge in [0.1, 0.15) is 5.76 Å². The molecule has 1 amide bonds. The number of amides is 1. The molecule has 36 heavy (non-hydrogen) atoms. The Kier molecular flexibility index (Phi) is 6.94. The highest BCUT2D eigenvalue weighted by Gasteiger charge is 2.24. The molecule has 0 bridgehead atoms. The van der Waals surface area contributed by atoms with E-state index in [4.69, 9.17) is 10.1 Å². The number of nitrogens with one attached hydrogen (secondary N) is 3. The minimum atomic E-state index is -0.946. The summed E-state index contributed by atoms with van der Waals surface area (Å²) in [5.74, 6) is 0.540. The smallest absolute Gasteiger partial charge is 0.251 e. The van der Waals surface area contributed by atoms with Crippen LogP contribution in [0, 0.1) is 12.3 Å². The number of benzene rings is 1. The first-order valence-electron chi connectivity index (χ1n) is 11.9. The number of aryl methyl sites for hydroxylation is 1. The molecule has 0 saturated heterocycles. The van der Waals surface area contributed by atoms with Crippen LogP contribution in [0.5, 0.6) is 5.88 Å². The van der Waals surface area contributed by atoms with Gasteiger partial charge < -0.3 is 25.9 Å². The first-order chi connectivity index (χ1) is 17.0. The molecule has 9 nitrogen and oxygen atoms in total. The van der Waals surface area contributed by atoms with Gasteiger partial charge >= 0.3 is 0 Å². The van der Waals surface area contributed by atoms with Crippen LogP contribution in [0.15, 0.2) is 55.0 Å². The first kappa shape index (κ1) is 25.1. The molecule has 188 valence electrons. The second-order valence-electron chi connectivity index (χ2n) is 9.80.